The fraction of sp³-hybridized carbons (Fsp3) is 0.667. The number of ether oxygens (including phenoxy) is 3. The van der Waals surface area contributed by atoms with Crippen molar-refractivity contribution in [3.05, 3.63) is 18.2 Å². The molecule has 6 nitrogen and oxygen atoms in total. The first kappa shape index (κ1) is 18.5. The minimum atomic E-state index is -0.474. The molecule has 25 heavy (non-hydrogen) atoms. The topological polar surface area (TPSA) is 49.4 Å². The molecule has 0 atom stereocenters. The monoisotopic (exact) mass is 349 g/mol. The highest BCUT2D eigenvalue weighted by molar-refractivity contribution is 6.63. The first-order valence-electron chi connectivity index (χ1n) is 8.78. The van der Waals surface area contributed by atoms with Gasteiger partial charge in [0.25, 0.3) is 0 Å². The zero-order valence-electron chi connectivity index (χ0n) is 15.8. The van der Waals surface area contributed by atoms with E-state index in [1.807, 2.05) is 6.07 Å². The van der Waals surface area contributed by atoms with Gasteiger partial charge in [0, 0.05) is 31.3 Å². The van der Waals surface area contributed by atoms with Gasteiger partial charge >= 0.3 is 7.12 Å². The molecule has 2 saturated heterocycles. The van der Waals surface area contributed by atoms with Crippen molar-refractivity contribution in [1.82, 2.24) is 0 Å². The lowest BCUT2D eigenvalue weighted by Crippen LogP contribution is -2.41. The van der Waals surface area contributed by atoms with E-state index in [1.165, 1.54) is 0 Å². The van der Waals surface area contributed by atoms with Gasteiger partial charge < -0.3 is 28.4 Å². The van der Waals surface area contributed by atoms with Crippen LogP contribution < -0.4 is 15.1 Å². The summed E-state index contributed by atoms with van der Waals surface area (Å²) in [7, 11) is 1.13. The Morgan fingerprint density at radius 2 is 1.72 bits per heavy atom. The smallest absolute Gasteiger partial charge is 0.468 e. The molecular weight excluding hydrogens is 321 g/mol. The van der Waals surface area contributed by atoms with Gasteiger partial charge in [0.15, 0.2) is 6.79 Å². The lowest BCUT2D eigenvalue weighted by molar-refractivity contribution is 0.00578. The highest BCUT2D eigenvalue weighted by atomic mass is 16.7. The molecule has 138 valence electrons. The molecule has 0 radical (unpaired) electrons. The Labute approximate surface area is 150 Å². The molecule has 2 aliphatic heterocycles. The van der Waals surface area contributed by atoms with Gasteiger partial charge in [-0.2, -0.15) is 0 Å². The molecule has 0 N–H and O–H groups in total. The molecule has 2 heterocycles. The molecule has 1 aromatic carbocycles. The summed E-state index contributed by atoms with van der Waals surface area (Å²) in [5.74, 6) is 0.720. The fourth-order valence-corrected chi connectivity index (χ4v) is 2.96. The maximum absolute atomic E-state index is 6.23. The highest BCUT2D eigenvalue weighted by Crippen LogP contribution is 2.37. The third-order valence-electron chi connectivity index (χ3n) is 5.21. The standard InChI is InChI=1S/C18H28BNO5/c1-17(2)18(3,4)25-19(24-17)15-12-14(20-8-10-22-11-9-20)6-7-16(15)23-13-21-5/h6-7,12H,8-11,13H2,1-5H3. The van der Waals surface area contributed by atoms with E-state index in [9.17, 15) is 0 Å². The third kappa shape index (κ3) is 3.79. The van der Waals surface area contributed by atoms with E-state index in [2.05, 4.69) is 44.7 Å². The second-order valence-electron chi connectivity index (χ2n) is 7.46. The zero-order chi connectivity index (χ0) is 18.1. The van der Waals surface area contributed by atoms with Gasteiger partial charge in [0.2, 0.25) is 0 Å². The van der Waals surface area contributed by atoms with Gasteiger partial charge in [0.1, 0.15) is 5.75 Å². The van der Waals surface area contributed by atoms with Crippen LogP contribution in [0.1, 0.15) is 27.7 Å². The molecule has 0 spiro atoms. The van der Waals surface area contributed by atoms with Crippen molar-refractivity contribution in [2.45, 2.75) is 38.9 Å². The highest BCUT2D eigenvalue weighted by Gasteiger charge is 2.52. The molecule has 1 aromatic rings. The van der Waals surface area contributed by atoms with Crippen LogP contribution in [0.4, 0.5) is 5.69 Å². The predicted octanol–water partition coefficient (Wildman–Crippen LogP) is 1.81. The molecular formula is C18H28BNO5. The fourth-order valence-electron chi connectivity index (χ4n) is 2.96. The van der Waals surface area contributed by atoms with E-state index >= 15 is 0 Å². The number of methoxy groups -OCH3 is 1. The lowest BCUT2D eigenvalue weighted by atomic mass is 9.78. The molecule has 0 saturated carbocycles. The normalized spacial score (nSPS) is 22.3. The molecule has 0 bridgehead atoms. The quantitative estimate of drug-likeness (QED) is 0.597. The van der Waals surface area contributed by atoms with Crippen LogP contribution in [0, 0.1) is 0 Å². The average molecular weight is 349 g/mol. The van der Waals surface area contributed by atoms with Crippen molar-refractivity contribution in [3.8, 4) is 5.75 Å². The van der Waals surface area contributed by atoms with Crippen LogP contribution in [0.15, 0.2) is 18.2 Å². The Hall–Kier alpha value is -1.28. The number of hydrogen-bond acceptors (Lipinski definition) is 6. The summed E-state index contributed by atoms with van der Waals surface area (Å²) < 4.78 is 28.7. The minimum absolute atomic E-state index is 0.184. The van der Waals surface area contributed by atoms with Crippen molar-refractivity contribution in [2.75, 3.05) is 45.1 Å². The van der Waals surface area contributed by atoms with Crippen molar-refractivity contribution < 1.29 is 23.5 Å². The molecule has 0 aromatic heterocycles. The van der Waals surface area contributed by atoms with Crippen LogP contribution in [0.3, 0.4) is 0 Å². The number of hydrogen-bond donors (Lipinski definition) is 0. The molecule has 2 aliphatic rings. The number of anilines is 1. The predicted molar refractivity (Wildman–Crippen MR) is 97.7 cm³/mol. The zero-order valence-corrected chi connectivity index (χ0v) is 15.8. The summed E-state index contributed by atoms with van der Waals surface area (Å²) in [6, 6.07) is 6.12. The van der Waals surface area contributed by atoms with Crippen molar-refractivity contribution in [2.24, 2.45) is 0 Å². The van der Waals surface area contributed by atoms with E-state index in [1.54, 1.807) is 7.11 Å². The number of benzene rings is 1. The van der Waals surface area contributed by atoms with Crippen molar-refractivity contribution >= 4 is 18.3 Å². The Balaban J connectivity index is 1.91. The first-order chi connectivity index (χ1) is 11.8. The Morgan fingerprint density at radius 3 is 2.32 bits per heavy atom. The van der Waals surface area contributed by atoms with E-state index in [0.717, 1.165) is 43.2 Å². The Kier molecular flexibility index (Phi) is 5.30. The van der Waals surface area contributed by atoms with Gasteiger partial charge in [-0.3, -0.25) is 0 Å². The van der Waals surface area contributed by atoms with Gasteiger partial charge in [0.05, 0.1) is 24.4 Å². The summed E-state index contributed by atoms with van der Waals surface area (Å²) >= 11 is 0. The van der Waals surface area contributed by atoms with Crippen LogP contribution >= 0.6 is 0 Å². The summed E-state index contributed by atoms with van der Waals surface area (Å²) in [5.41, 5.74) is 1.22. The first-order valence-corrected chi connectivity index (χ1v) is 8.78. The average Bonchev–Trinajstić information content (AvgIpc) is 2.81. The largest absolute Gasteiger partial charge is 0.498 e. The molecule has 0 unspecified atom stereocenters. The summed E-state index contributed by atoms with van der Waals surface area (Å²) in [5, 5.41) is 0. The molecule has 0 aliphatic carbocycles. The van der Waals surface area contributed by atoms with Crippen LogP contribution in [-0.4, -0.2) is 58.5 Å². The van der Waals surface area contributed by atoms with Gasteiger partial charge in [-0.1, -0.05) is 0 Å². The van der Waals surface area contributed by atoms with E-state index < -0.39 is 18.3 Å². The van der Waals surface area contributed by atoms with E-state index in [0.29, 0.717) is 0 Å². The van der Waals surface area contributed by atoms with Crippen LogP contribution in [0.5, 0.6) is 5.75 Å². The summed E-state index contributed by atoms with van der Waals surface area (Å²) in [6.07, 6.45) is 0. The molecule has 3 rings (SSSR count). The van der Waals surface area contributed by atoms with E-state index in [4.69, 9.17) is 23.5 Å². The molecule has 2 fully saturated rings. The molecule has 0 amide bonds. The van der Waals surface area contributed by atoms with E-state index in [-0.39, 0.29) is 6.79 Å². The second kappa shape index (κ2) is 7.15. The maximum Gasteiger partial charge on any atom is 0.498 e. The van der Waals surface area contributed by atoms with Gasteiger partial charge in [-0.25, -0.2) is 0 Å². The summed E-state index contributed by atoms with van der Waals surface area (Å²) in [6.45, 7) is 11.6. The lowest BCUT2D eigenvalue weighted by Gasteiger charge is -2.32. The number of rotatable bonds is 5. The van der Waals surface area contributed by atoms with Crippen LogP contribution in [-0.2, 0) is 18.8 Å². The Bertz CT molecular complexity index is 585. The third-order valence-corrected chi connectivity index (χ3v) is 5.21. The van der Waals surface area contributed by atoms with Crippen LogP contribution in [0.2, 0.25) is 0 Å². The van der Waals surface area contributed by atoms with Gasteiger partial charge in [-0.15, -0.1) is 0 Å². The van der Waals surface area contributed by atoms with Crippen LogP contribution in [0.25, 0.3) is 0 Å². The maximum atomic E-state index is 6.23. The molecule has 7 heteroatoms. The summed E-state index contributed by atoms with van der Waals surface area (Å²) in [4.78, 5) is 2.30. The Morgan fingerprint density at radius 1 is 1.08 bits per heavy atom. The number of morpholine rings is 1. The van der Waals surface area contributed by atoms with Crippen molar-refractivity contribution in [3.63, 3.8) is 0 Å². The minimum Gasteiger partial charge on any atom is -0.468 e. The van der Waals surface area contributed by atoms with Crippen molar-refractivity contribution in [1.29, 1.82) is 0 Å². The number of nitrogens with zero attached hydrogens (tertiary/aromatic N) is 1. The van der Waals surface area contributed by atoms with Gasteiger partial charge in [-0.05, 0) is 45.9 Å². The second-order valence-corrected chi connectivity index (χ2v) is 7.46. The SMILES string of the molecule is COCOc1ccc(N2CCOCC2)cc1B1OC(C)(C)C(C)(C)O1.